The Labute approximate surface area is 130 Å². The number of carbonyl (C=O) groups is 1. The van der Waals surface area contributed by atoms with Crippen molar-refractivity contribution in [1.82, 2.24) is 4.90 Å². The number of hydrogen-bond donors (Lipinski definition) is 1. The van der Waals surface area contributed by atoms with Gasteiger partial charge in [-0.25, -0.2) is 0 Å². The molecule has 112 valence electrons. The highest BCUT2D eigenvalue weighted by Crippen LogP contribution is 2.22. The summed E-state index contributed by atoms with van der Waals surface area (Å²) in [4.78, 5) is 14.4. The summed E-state index contributed by atoms with van der Waals surface area (Å²) >= 11 is 4.31. The average Bonchev–Trinajstić information content (AvgIpc) is 2.36. The number of hydrogen-bond acceptors (Lipinski definition) is 5. The third-order valence-corrected chi connectivity index (χ3v) is 2.87. The summed E-state index contributed by atoms with van der Waals surface area (Å²) in [5.74, 6) is 0.379. The van der Waals surface area contributed by atoms with Crippen molar-refractivity contribution < 1.29 is 14.3 Å². The van der Waals surface area contributed by atoms with Crippen molar-refractivity contribution in [2.24, 2.45) is 0 Å². The fourth-order valence-corrected chi connectivity index (χ4v) is 2.05. The molecular weight excluding hydrogens is 286 g/mol. The Hall–Kier alpha value is -1.88. The van der Waals surface area contributed by atoms with Gasteiger partial charge in [0, 0.05) is 22.9 Å². The van der Waals surface area contributed by atoms with Crippen molar-refractivity contribution in [3.05, 3.63) is 48.5 Å². The van der Waals surface area contributed by atoms with Gasteiger partial charge in [-0.05, 0) is 32.9 Å². The topological polar surface area (TPSA) is 38.8 Å². The zero-order chi connectivity index (χ0) is 15.5. The molecule has 2 rings (SSSR count). The fraction of sp³-hybridized carbons (Fsp3) is 0.312. The number of nitrogens with zero attached hydrogens (tertiary/aromatic N) is 1. The quantitative estimate of drug-likeness (QED) is 0.686. The first-order valence-corrected chi connectivity index (χ1v) is 7.10. The number of ether oxygens (including phenoxy) is 2. The molecule has 0 spiro atoms. The van der Waals surface area contributed by atoms with Crippen molar-refractivity contribution in [3.63, 3.8) is 0 Å². The van der Waals surface area contributed by atoms with E-state index >= 15 is 0 Å². The molecule has 0 aromatic heterocycles. The van der Waals surface area contributed by atoms with E-state index in [1.807, 2.05) is 45.0 Å². The molecular formula is C16H19NO3S. The van der Waals surface area contributed by atoms with Crippen molar-refractivity contribution in [2.75, 3.05) is 6.54 Å². The highest BCUT2D eigenvalue weighted by molar-refractivity contribution is 7.80. The van der Waals surface area contributed by atoms with Gasteiger partial charge >= 0.3 is 5.97 Å². The van der Waals surface area contributed by atoms with E-state index < -0.39 is 5.60 Å². The second-order valence-corrected chi connectivity index (χ2v) is 6.22. The van der Waals surface area contributed by atoms with E-state index in [1.165, 1.54) is 0 Å². The minimum atomic E-state index is -0.486. The van der Waals surface area contributed by atoms with Crippen molar-refractivity contribution >= 4 is 24.4 Å². The van der Waals surface area contributed by atoms with Crippen LogP contribution in [0.25, 0.3) is 5.76 Å². The minimum Gasteiger partial charge on any atom is -0.461 e. The first-order chi connectivity index (χ1) is 9.83. The highest BCUT2D eigenvalue weighted by atomic mass is 32.1. The fourth-order valence-electron chi connectivity index (χ4n) is 1.83. The predicted molar refractivity (Wildman–Crippen MR) is 84.4 cm³/mol. The summed E-state index contributed by atoms with van der Waals surface area (Å²) in [5, 5.41) is 0. The number of carbonyl (C=O) groups excluding carboxylic acids is 1. The monoisotopic (exact) mass is 305 g/mol. The summed E-state index contributed by atoms with van der Waals surface area (Å²) in [7, 11) is 0. The zero-order valence-corrected chi connectivity index (χ0v) is 13.3. The molecule has 0 atom stereocenters. The standard InChI is InChI=1S/C16H19NO3S/c1-16(2,3)20-15(18)11-17-7-8-19-14(10-17)12-5-4-6-13(21)9-12/h4-10,21H,11H2,1-3H3. The van der Waals surface area contributed by atoms with Crippen LogP contribution in [0.15, 0.2) is 47.8 Å². The maximum absolute atomic E-state index is 11.8. The molecule has 1 aliphatic rings. The number of thiol groups is 1. The van der Waals surface area contributed by atoms with Crippen LogP contribution in [0.2, 0.25) is 0 Å². The van der Waals surface area contributed by atoms with Crippen LogP contribution in [0.5, 0.6) is 0 Å². The third-order valence-electron chi connectivity index (χ3n) is 2.59. The van der Waals surface area contributed by atoms with E-state index in [4.69, 9.17) is 9.47 Å². The Morgan fingerprint density at radius 1 is 1.38 bits per heavy atom. The van der Waals surface area contributed by atoms with Gasteiger partial charge in [-0.15, -0.1) is 12.6 Å². The predicted octanol–water partition coefficient (Wildman–Crippen LogP) is 3.42. The van der Waals surface area contributed by atoms with Crippen LogP contribution < -0.4 is 0 Å². The Morgan fingerprint density at radius 3 is 2.81 bits per heavy atom. The Morgan fingerprint density at radius 2 is 2.14 bits per heavy atom. The first-order valence-electron chi connectivity index (χ1n) is 6.66. The van der Waals surface area contributed by atoms with Gasteiger partial charge < -0.3 is 14.4 Å². The van der Waals surface area contributed by atoms with E-state index in [0.29, 0.717) is 5.76 Å². The van der Waals surface area contributed by atoms with E-state index in [0.717, 1.165) is 10.5 Å². The second-order valence-electron chi connectivity index (χ2n) is 5.71. The molecule has 1 aromatic rings. The minimum absolute atomic E-state index is 0.140. The van der Waals surface area contributed by atoms with Gasteiger partial charge in [0.25, 0.3) is 0 Å². The maximum Gasteiger partial charge on any atom is 0.326 e. The molecule has 0 saturated heterocycles. The van der Waals surface area contributed by atoms with Gasteiger partial charge in [-0.3, -0.25) is 4.79 Å². The lowest BCUT2D eigenvalue weighted by molar-refractivity contribution is -0.154. The number of esters is 1. The largest absolute Gasteiger partial charge is 0.461 e. The van der Waals surface area contributed by atoms with E-state index in [-0.39, 0.29) is 12.5 Å². The van der Waals surface area contributed by atoms with Crippen LogP contribution in [-0.2, 0) is 14.3 Å². The second kappa shape index (κ2) is 6.26. The van der Waals surface area contributed by atoms with Gasteiger partial charge in [0.05, 0.1) is 0 Å². The molecule has 5 heteroatoms. The van der Waals surface area contributed by atoms with Gasteiger partial charge in [0.1, 0.15) is 24.2 Å². The molecule has 0 amide bonds. The molecule has 21 heavy (non-hydrogen) atoms. The van der Waals surface area contributed by atoms with Gasteiger partial charge in [0.2, 0.25) is 0 Å². The van der Waals surface area contributed by atoms with Crippen molar-refractivity contribution in [3.8, 4) is 0 Å². The van der Waals surface area contributed by atoms with Crippen LogP contribution >= 0.6 is 12.6 Å². The molecule has 0 N–H and O–H groups in total. The van der Waals surface area contributed by atoms with Crippen molar-refractivity contribution in [2.45, 2.75) is 31.3 Å². The lowest BCUT2D eigenvalue weighted by Crippen LogP contribution is -2.30. The molecule has 0 bridgehead atoms. The molecule has 0 fully saturated rings. The first kappa shape index (κ1) is 15.5. The van der Waals surface area contributed by atoms with Crippen LogP contribution in [0.1, 0.15) is 26.3 Å². The van der Waals surface area contributed by atoms with Gasteiger partial charge in [0.15, 0.2) is 0 Å². The Balaban J connectivity index is 2.07. The maximum atomic E-state index is 11.8. The normalized spacial score (nSPS) is 14.5. The van der Waals surface area contributed by atoms with Gasteiger partial charge in [-0.2, -0.15) is 0 Å². The zero-order valence-electron chi connectivity index (χ0n) is 12.4. The average molecular weight is 305 g/mol. The third kappa shape index (κ3) is 4.86. The van der Waals surface area contributed by atoms with Crippen molar-refractivity contribution in [1.29, 1.82) is 0 Å². The summed E-state index contributed by atoms with van der Waals surface area (Å²) in [6.07, 6.45) is 5.01. The van der Waals surface area contributed by atoms with Crippen LogP contribution in [0.3, 0.4) is 0 Å². The highest BCUT2D eigenvalue weighted by Gasteiger charge is 2.19. The lowest BCUT2D eigenvalue weighted by Gasteiger charge is -2.24. The molecule has 4 nitrogen and oxygen atoms in total. The Bertz CT molecular complexity index is 587. The molecule has 1 heterocycles. The van der Waals surface area contributed by atoms with E-state index in [2.05, 4.69) is 12.6 Å². The Kier molecular flexibility index (Phi) is 4.63. The molecule has 1 aliphatic heterocycles. The number of rotatable bonds is 3. The molecule has 1 aromatic carbocycles. The van der Waals surface area contributed by atoms with Crippen LogP contribution in [0, 0.1) is 0 Å². The molecule has 0 unspecified atom stereocenters. The molecule has 0 radical (unpaired) electrons. The van der Waals surface area contributed by atoms with Crippen LogP contribution in [0.4, 0.5) is 0 Å². The lowest BCUT2D eigenvalue weighted by atomic mass is 10.2. The summed E-state index contributed by atoms with van der Waals surface area (Å²) in [6, 6.07) is 7.62. The summed E-state index contributed by atoms with van der Waals surface area (Å²) < 4.78 is 10.8. The number of benzene rings is 1. The molecule has 0 saturated carbocycles. The van der Waals surface area contributed by atoms with E-state index in [1.54, 1.807) is 23.6 Å². The molecule has 0 aliphatic carbocycles. The van der Waals surface area contributed by atoms with Crippen LogP contribution in [-0.4, -0.2) is 23.0 Å². The SMILES string of the molecule is CC(C)(C)OC(=O)CN1C=COC(c2cccc(S)c2)=C1. The summed E-state index contributed by atoms with van der Waals surface area (Å²) in [6.45, 7) is 5.68. The smallest absolute Gasteiger partial charge is 0.326 e. The van der Waals surface area contributed by atoms with E-state index in [9.17, 15) is 4.79 Å². The van der Waals surface area contributed by atoms with Gasteiger partial charge in [-0.1, -0.05) is 12.1 Å². The summed E-state index contributed by atoms with van der Waals surface area (Å²) in [5.41, 5.74) is 0.418.